The number of hydrogen-bond acceptors (Lipinski definition) is 2. The Morgan fingerprint density at radius 2 is 1.80 bits per heavy atom. The van der Waals surface area contributed by atoms with Gasteiger partial charge in [-0.05, 0) is 37.4 Å². The second-order valence-corrected chi connectivity index (χ2v) is 6.42. The largest absolute Gasteiger partial charge is 0.349 e. The lowest BCUT2D eigenvalue weighted by Crippen LogP contribution is -2.47. The van der Waals surface area contributed by atoms with Crippen LogP contribution in [0.5, 0.6) is 0 Å². The van der Waals surface area contributed by atoms with Crippen molar-refractivity contribution < 1.29 is 4.79 Å². The van der Waals surface area contributed by atoms with Crippen LogP contribution in [0.2, 0.25) is 0 Å². The monoisotopic (exact) mass is 274 g/mol. The zero-order chi connectivity index (χ0) is 14.6. The predicted molar refractivity (Wildman–Crippen MR) is 82.4 cm³/mol. The van der Waals surface area contributed by atoms with Crippen LogP contribution < -0.4 is 10.6 Å². The molecule has 0 saturated carbocycles. The fraction of sp³-hybridized carbons (Fsp3) is 0.588. The summed E-state index contributed by atoms with van der Waals surface area (Å²) < 4.78 is 0. The maximum atomic E-state index is 12.7. The highest BCUT2D eigenvalue weighted by molar-refractivity contribution is 5.82. The van der Waals surface area contributed by atoms with E-state index in [1.165, 1.54) is 5.56 Å². The second kappa shape index (κ2) is 6.40. The first-order chi connectivity index (χ1) is 9.53. The molecule has 0 spiro atoms. The molecule has 2 N–H and O–H groups in total. The minimum absolute atomic E-state index is 0.0930. The molecule has 1 saturated heterocycles. The molecule has 1 aromatic carbocycles. The lowest BCUT2D eigenvalue weighted by Gasteiger charge is -2.35. The Balaban J connectivity index is 2.10. The minimum atomic E-state index is -0.229. The molecule has 0 radical (unpaired) electrons. The molecule has 20 heavy (non-hydrogen) atoms. The Morgan fingerprint density at radius 3 is 2.35 bits per heavy atom. The summed E-state index contributed by atoms with van der Waals surface area (Å²) in [6.07, 6.45) is 1.83. The van der Waals surface area contributed by atoms with Crippen molar-refractivity contribution in [2.45, 2.75) is 39.7 Å². The molecule has 1 aliphatic heterocycles. The zero-order valence-electron chi connectivity index (χ0n) is 12.8. The Bertz CT molecular complexity index is 436. The third kappa shape index (κ3) is 3.40. The maximum absolute atomic E-state index is 12.7. The number of benzene rings is 1. The van der Waals surface area contributed by atoms with E-state index >= 15 is 0 Å². The third-order valence-electron chi connectivity index (χ3n) is 4.37. The van der Waals surface area contributed by atoms with E-state index in [0.717, 1.165) is 25.9 Å². The number of rotatable bonds is 4. The average molecular weight is 274 g/mol. The normalized spacial score (nSPS) is 19.6. The number of carbonyl (C=O) groups excluding carboxylic acids is 1. The van der Waals surface area contributed by atoms with E-state index in [4.69, 9.17) is 0 Å². The van der Waals surface area contributed by atoms with E-state index < -0.39 is 0 Å². The highest BCUT2D eigenvalue weighted by atomic mass is 16.2. The van der Waals surface area contributed by atoms with Gasteiger partial charge >= 0.3 is 0 Å². The molecule has 0 bridgehead atoms. The third-order valence-corrected chi connectivity index (χ3v) is 4.37. The SMILES string of the molecule is CC(C)C(NC(=O)C1(C)CCNCC1)c1ccccc1. The van der Waals surface area contributed by atoms with Gasteiger partial charge in [0.1, 0.15) is 0 Å². The Hall–Kier alpha value is -1.35. The summed E-state index contributed by atoms with van der Waals surface area (Å²) >= 11 is 0. The summed E-state index contributed by atoms with van der Waals surface area (Å²) in [7, 11) is 0. The molecule has 0 aromatic heterocycles. The van der Waals surface area contributed by atoms with Crippen molar-refractivity contribution in [3.63, 3.8) is 0 Å². The Kier molecular flexibility index (Phi) is 4.81. The van der Waals surface area contributed by atoms with Crippen LogP contribution in [0.1, 0.15) is 45.2 Å². The molecule has 1 unspecified atom stereocenters. The molecule has 1 fully saturated rings. The summed E-state index contributed by atoms with van der Waals surface area (Å²) in [4.78, 5) is 12.7. The lowest BCUT2D eigenvalue weighted by molar-refractivity contribution is -0.132. The minimum Gasteiger partial charge on any atom is -0.349 e. The molecule has 1 aromatic rings. The van der Waals surface area contributed by atoms with Crippen LogP contribution in [0.4, 0.5) is 0 Å². The maximum Gasteiger partial charge on any atom is 0.226 e. The topological polar surface area (TPSA) is 41.1 Å². The van der Waals surface area contributed by atoms with E-state index in [1.807, 2.05) is 18.2 Å². The van der Waals surface area contributed by atoms with Crippen molar-refractivity contribution >= 4 is 5.91 Å². The van der Waals surface area contributed by atoms with E-state index in [9.17, 15) is 4.79 Å². The van der Waals surface area contributed by atoms with Crippen LogP contribution in [-0.4, -0.2) is 19.0 Å². The van der Waals surface area contributed by atoms with Crippen LogP contribution in [0.15, 0.2) is 30.3 Å². The van der Waals surface area contributed by atoms with E-state index in [1.54, 1.807) is 0 Å². The number of amides is 1. The molecule has 1 aliphatic rings. The van der Waals surface area contributed by atoms with Crippen molar-refractivity contribution in [1.82, 2.24) is 10.6 Å². The van der Waals surface area contributed by atoms with Gasteiger partial charge in [0.2, 0.25) is 5.91 Å². The average Bonchev–Trinajstić information content (AvgIpc) is 2.45. The lowest BCUT2D eigenvalue weighted by atomic mass is 9.79. The first-order valence-electron chi connectivity index (χ1n) is 7.59. The van der Waals surface area contributed by atoms with Gasteiger partial charge in [0.25, 0.3) is 0 Å². The standard InChI is InChI=1S/C17H26N2O/c1-13(2)15(14-7-5-4-6-8-14)19-16(20)17(3)9-11-18-12-10-17/h4-8,13,15,18H,9-12H2,1-3H3,(H,19,20). The molecule has 1 atom stereocenters. The van der Waals surface area contributed by atoms with Gasteiger partial charge in [-0.25, -0.2) is 0 Å². The molecular weight excluding hydrogens is 248 g/mol. The molecule has 3 nitrogen and oxygen atoms in total. The van der Waals surface area contributed by atoms with Gasteiger partial charge in [0, 0.05) is 5.41 Å². The number of nitrogens with one attached hydrogen (secondary N) is 2. The van der Waals surface area contributed by atoms with Gasteiger partial charge in [-0.1, -0.05) is 51.1 Å². The van der Waals surface area contributed by atoms with E-state index in [-0.39, 0.29) is 17.4 Å². The van der Waals surface area contributed by atoms with Crippen LogP contribution in [0, 0.1) is 11.3 Å². The van der Waals surface area contributed by atoms with Gasteiger partial charge in [-0.3, -0.25) is 4.79 Å². The molecule has 1 amide bonds. The summed E-state index contributed by atoms with van der Waals surface area (Å²) in [6.45, 7) is 8.26. The highest BCUT2D eigenvalue weighted by Gasteiger charge is 2.36. The van der Waals surface area contributed by atoms with Crippen LogP contribution in [0.25, 0.3) is 0 Å². The quantitative estimate of drug-likeness (QED) is 0.886. The van der Waals surface area contributed by atoms with Crippen molar-refractivity contribution in [3.05, 3.63) is 35.9 Å². The molecule has 2 rings (SSSR count). The Labute approximate surface area is 122 Å². The predicted octanol–water partition coefficient (Wildman–Crippen LogP) is 2.89. The zero-order valence-corrected chi connectivity index (χ0v) is 12.8. The fourth-order valence-corrected chi connectivity index (χ4v) is 2.82. The first-order valence-corrected chi connectivity index (χ1v) is 7.59. The molecule has 0 aliphatic carbocycles. The summed E-state index contributed by atoms with van der Waals surface area (Å²) in [5.74, 6) is 0.577. The van der Waals surface area contributed by atoms with Gasteiger partial charge in [-0.2, -0.15) is 0 Å². The summed E-state index contributed by atoms with van der Waals surface area (Å²) in [6, 6.07) is 10.4. The van der Waals surface area contributed by atoms with Gasteiger partial charge in [-0.15, -0.1) is 0 Å². The molecule has 110 valence electrons. The van der Waals surface area contributed by atoms with Crippen molar-refractivity contribution in [2.75, 3.05) is 13.1 Å². The molecule has 1 heterocycles. The van der Waals surface area contributed by atoms with Crippen LogP contribution in [0.3, 0.4) is 0 Å². The molecular formula is C17H26N2O. The van der Waals surface area contributed by atoms with Gasteiger partial charge < -0.3 is 10.6 Å². The number of hydrogen-bond donors (Lipinski definition) is 2. The van der Waals surface area contributed by atoms with E-state index in [0.29, 0.717) is 5.92 Å². The summed E-state index contributed by atoms with van der Waals surface area (Å²) in [5, 5.41) is 6.60. The van der Waals surface area contributed by atoms with Crippen LogP contribution in [-0.2, 0) is 4.79 Å². The van der Waals surface area contributed by atoms with Crippen LogP contribution >= 0.6 is 0 Å². The number of carbonyl (C=O) groups is 1. The number of piperidine rings is 1. The summed E-state index contributed by atoms with van der Waals surface area (Å²) in [5.41, 5.74) is 0.959. The Morgan fingerprint density at radius 1 is 1.20 bits per heavy atom. The highest BCUT2D eigenvalue weighted by Crippen LogP contribution is 2.30. The van der Waals surface area contributed by atoms with Crippen molar-refractivity contribution in [2.24, 2.45) is 11.3 Å². The van der Waals surface area contributed by atoms with Crippen molar-refractivity contribution in [1.29, 1.82) is 0 Å². The van der Waals surface area contributed by atoms with Gasteiger partial charge in [0.05, 0.1) is 6.04 Å². The van der Waals surface area contributed by atoms with Crippen molar-refractivity contribution in [3.8, 4) is 0 Å². The van der Waals surface area contributed by atoms with E-state index in [2.05, 4.69) is 43.5 Å². The first kappa shape index (κ1) is 15.0. The molecule has 3 heteroatoms. The second-order valence-electron chi connectivity index (χ2n) is 6.42. The fourth-order valence-electron chi connectivity index (χ4n) is 2.82. The van der Waals surface area contributed by atoms with Gasteiger partial charge in [0.15, 0.2) is 0 Å². The smallest absolute Gasteiger partial charge is 0.226 e.